The molecule has 0 aliphatic heterocycles. The molecule has 0 saturated heterocycles. The molecule has 2 amide bonds. The molecule has 0 radical (unpaired) electrons. The van der Waals surface area contributed by atoms with E-state index < -0.39 is 0 Å². The van der Waals surface area contributed by atoms with Crippen LogP contribution in [-0.4, -0.2) is 34.4 Å². The standard InChI is InChI=1S/C14H21N3O3/c1-5-12(18)15-11-8-10(9-16(4)14(11)20)13(19)17(6-2)7-3/h8-9H,5-7H2,1-4H3,(H,15,18). The van der Waals surface area contributed by atoms with Crippen LogP contribution in [-0.2, 0) is 11.8 Å². The second-order valence-corrected chi connectivity index (χ2v) is 4.44. The number of amides is 2. The number of aromatic nitrogens is 1. The zero-order valence-electron chi connectivity index (χ0n) is 12.4. The summed E-state index contributed by atoms with van der Waals surface area (Å²) in [6.07, 6.45) is 1.77. The minimum Gasteiger partial charge on any atom is -0.339 e. The van der Waals surface area contributed by atoms with Crippen molar-refractivity contribution in [1.82, 2.24) is 9.47 Å². The van der Waals surface area contributed by atoms with E-state index in [1.54, 1.807) is 18.9 Å². The molecule has 6 heteroatoms. The van der Waals surface area contributed by atoms with Crippen molar-refractivity contribution in [1.29, 1.82) is 0 Å². The maximum Gasteiger partial charge on any atom is 0.274 e. The fourth-order valence-corrected chi connectivity index (χ4v) is 1.85. The average Bonchev–Trinajstić information content (AvgIpc) is 2.44. The van der Waals surface area contributed by atoms with Gasteiger partial charge in [-0.2, -0.15) is 0 Å². The molecular weight excluding hydrogens is 258 g/mol. The molecule has 1 aromatic rings. The molecule has 20 heavy (non-hydrogen) atoms. The fraction of sp³-hybridized carbons (Fsp3) is 0.500. The molecule has 110 valence electrons. The maximum absolute atomic E-state index is 12.3. The van der Waals surface area contributed by atoms with Crippen molar-refractivity contribution in [2.45, 2.75) is 27.2 Å². The molecule has 0 aromatic carbocycles. The van der Waals surface area contributed by atoms with Gasteiger partial charge in [-0.05, 0) is 19.9 Å². The Hall–Kier alpha value is -2.11. The smallest absolute Gasteiger partial charge is 0.274 e. The number of carbonyl (C=O) groups is 2. The van der Waals surface area contributed by atoms with Crippen molar-refractivity contribution in [3.05, 3.63) is 28.2 Å². The van der Waals surface area contributed by atoms with Crippen LogP contribution in [0.2, 0.25) is 0 Å². The summed E-state index contributed by atoms with van der Waals surface area (Å²) in [6.45, 7) is 6.67. The summed E-state index contributed by atoms with van der Waals surface area (Å²) >= 11 is 0. The lowest BCUT2D eigenvalue weighted by Crippen LogP contribution is -2.32. The van der Waals surface area contributed by atoms with E-state index in [0.717, 1.165) is 0 Å². The topological polar surface area (TPSA) is 71.4 Å². The van der Waals surface area contributed by atoms with Gasteiger partial charge in [-0.25, -0.2) is 0 Å². The van der Waals surface area contributed by atoms with Crippen molar-refractivity contribution in [2.24, 2.45) is 7.05 Å². The monoisotopic (exact) mass is 279 g/mol. The lowest BCUT2D eigenvalue weighted by molar-refractivity contribution is -0.115. The van der Waals surface area contributed by atoms with Crippen LogP contribution < -0.4 is 10.9 Å². The molecule has 0 bridgehead atoms. The number of nitrogens with zero attached hydrogens (tertiary/aromatic N) is 2. The van der Waals surface area contributed by atoms with Gasteiger partial charge in [-0.15, -0.1) is 0 Å². The molecule has 0 aliphatic rings. The third-order valence-electron chi connectivity index (χ3n) is 3.08. The first kappa shape index (κ1) is 15.9. The van der Waals surface area contributed by atoms with Crippen molar-refractivity contribution in [2.75, 3.05) is 18.4 Å². The Balaban J connectivity index is 3.20. The number of anilines is 1. The first-order chi connectivity index (χ1) is 9.44. The Bertz CT molecular complexity index is 559. The summed E-state index contributed by atoms with van der Waals surface area (Å²) in [5.41, 5.74) is 0.197. The zero-order chi connectivity index (χ0) is 15.3. The molecule has 0 spiro atoms. The summed E-state index contributed by atoms with van der Waals surface area (Å²) in [5.74, 6) is -0.410. The lowest BCUT2D eigenvalue weighted by atomic mass is 10.2. The van der Waals surface area contributed by atoms with Gasteiger partial charge in [0.15, 0.2) is 0 Å². The summed E-state index contributed by atoms with van der Waals surface area (Å²) in [5, 5.41) is 2.53. The fourth-order valence-electron chi connectivity index (χ4n) is 1.85. The number of aryl methyl sites for hydroxylation is 1. The van der Waals surface area contributed by atoms with Crippen LogP contribution in [0, 0.1) is 0 Å². The molecule has 1 N–H and O–H groups in total. The number of pyridine rings is 1. The average molecular weight is 279 g/mol. The van der Waals surface area contributed by atoms with Gasteiger partial charge >= 0.3 is 0 Å². The Morgan fingerprint density at radius 2 is 1.85 bits per heavy atom. The molecular formula is C14H21N3O3. The minimum absolute atomic E-state index is 0.136. The van der Waals surface area contributed by atoms with Gasteiger partial charge in [0.25, 0.3) is 11.5 Å². The molecule has 0 unspecified atom stereocenters. The Kier molecular flexibility index (Phi) is 5.49. The molecule has 1 aromatic heterocycles. The molecule has 0 atom stereocenters. The highest BCUT2D eigenvalue weighted by Crippen LogP contribution is 2.09. The Labute approximate surface area is 118 Å². The van der Waals surface area contributed by atoms with Gasteiger partial charge < -0.3 is 14.8 Å². The van der Waals surface area contributed by atoms with E-state index in [9.17, 15) is 14.4 Å². The highest BCUT2D eigenvalue weighted by atomic mass is 16.2. The summed E-state index contributed by atoms with van der Waals surface area (Å²) in [6, 6.07) is 1.44. The highest BCUT2D eigenvalue weighted by molar-refractivity contribution is 5.96. The molecule has 1 heterocycles. The lowest BCUT2D eigenvalue weighted by Gasteiger charge is -2.19. The van der Waals surface area contributed by atoms with Crippen LogP contribution in [0.5, 0.6) is 0 Å². The maximum atomic E-state index is 12.3. The van der Waals surface area contributed by atoms with E-state index in [2.05, 4.69) is 5.32 Å². The first-order valence-corrected chi connectivity index (χ1v) is 6.74. The van der Waals surface area contributed by atoms with Gasteiger partial charge in [0.1, 0.15) is 5.69 Å². The number of hydrogen-bond donors (Lipinski definition) is 1. The second-order valence-electron chi connectivity index (χ2n) is 4.44. The van der Waals surface area contributed by atoms with Crippen LogP contribution in [0.25, 0.3) is 0 Å². The molecule has 1 rings (SSSR count). The summed E-state index contributed by atoms with van der Waals surface area (Å²) in [7, 11) is 1.56. The first-order valence-electron chi connectivity index (χ1n) is 6.74. The predicted molar refractivity (Wildman–Crippen MR) is 77.9 cm³/mol. The van der Waals surface area contributed by atoms with Crippen LogP contribution in [0.15, 0.2) is 17.1 Å². The third-order valence-corrected chi connectivity index (χ3v) is 3.08. The van der Waals surface area contributed by atoms with E-state index in [-0.39, 0.29) is 29.5 Å². The Morgan fingerprint density at radius 3 is 2.35 bits per heavy atom. The van der Waals surface area contributed by atoms with Gasteiger partial charge in [0, 0.05) is 32.8 Å². The van der Waals surface area contributed by atoms with Crippen molar-refractivity contribution < 1.29 is 9.59 Å². The molecule has 0 fully saturated rings. The van der Waals surface area contributed by atoms with Gasteiger partial charge in [-0.1, -0.05) is 6.92 Å². The summed E-state index contributed by atoms with van der Waals surface area (Å²) < 4.78 is 1.31. The van der Waals surface area contributed by atoms with Crippen LogP contribution in [0.1, 0.15) is 37.6 Å². The molecule has 6 nitrogen and oxygen atoms in total. The van der Waals surface area contributed by atoms with E-state index in [0.29, 0.717) is 18.7 Å². The minimum atomic E-state index is -0.331. The Morgan fingerprint density at radius 1 is 1.25 bits per heavy atom. The number of rotatable bonds is 5. The normalized spacial score (nSPS) is 10.2. The van der Waals surface area contributed by atoms with Crippen molar-refractivity contribution >= 4 is 17.5 Å². The summed E-state index contributed by atoms with van der Waals surface area (Å²) in [4.78, 5) is 37.3. The van der Waals surface area contributed by atoms with Crippen molar-refractivity contribution in [3.63, 3.8) is 0 Å². The van der Waals surface area contributed by atoms with E-state index in [4.69, 9.17) is 0 Å². The van der Waals surface area contributed by atoms with Crippen LogP contribution in [0.3, 0.4) is 0 Å². The van der Waals surface area contributed by atoms with E-state index in [1.807, 2.05) is 13.8 Å². The van der Waals surface area contributed by atoms with Gasteiger partial charge in [0.05, 0.1) is 5.56 Å². The number of nitrogens with one attached hydrogen (secondary N) is 1. The SMILES string of the molecule is CCC(=O)Nc1cc(C(=O)N(CC)CC)cn(C)c1=O. The number of carbonyl (C=O) groups excluding carboxylic acids is 2. The molecule has 0 saturated carbocycles. The van der Waals surface area contributed by atoms with Crippen LogP contribution >= 0.6 is 0 Å². The third kappa shape index (κ3) is 3.46. The van der Waals surface area contributed by atoms with Gasteiger partial charge in [0.2, 0.25) is 5.91 Å². The quantitative estimate of drug-likeness (QED) is 0.880. The van der Waals surface area contributed by atoms with E-state index >= 15 is 0 Å². The van der Waals surface area contributed by atoms with Crippen LogP contribution in [0.4, 0.5) is 5.69 Å². The largest absolute Gasteiger partial charge is 0.339 e. The van der Waals surface area contributed by atoms with Gasteiger partial charge in [-0.3, -0.25) is 14.4 Å². The molecule has 0 aliphatic carbocycles. The highest BCUT2D eigenvalue weighted by Gasteiger charge is 2.16. The van der Waals surface area contributed by atoms with E-state index in [1.165, 1.54) is 16.8 Å². The zero-order valence-corrected chi connectivity index (χ0v) is 12.4. The second kappa shape index (κ2) is 6.88. The van der Waals surface area contributed by atoms with Crippen molar-refractivity contribution in [3.8, 4) is 0 Å². The number of hydrogen-bond acceptors (Lipinski definition) is 3. The predicted octanol–water partition coefficient (Wildman–Crippen LogP) is 1.22.